The summed E-state index contributed by atoms with van der Waals surface area (Å²) < 4.78 is 1.73. The molecule has 0 radical (unpaired) electrons. The summed E-state index contributed by atoms with van der Waals surface area (Å²) in [5.41, 5.74) is 4.28. The number of fused-ring (bicyclic) bond motifs is 1. The van der Waals surface area contributed by atoms with E-state index in [9.17, 15) is 9.59 Å². The average Bonchev–Trinajstić information content (AvgIpc) is 3.36. The molecule has 3 amide bonds. The predicted octanol–water partition coefficient (Wildman–Crippen LogP) is 2.22. The van der Waals surface area contributed by atoms with E-state index in [1.54, 1.807) is 16.8 Å². The highest BCUT2D eigenvalue weighted by atomic mass is 16.2. The maximum Gasteiger partial charge on any atom is 0.326 e. The summed E-state index contributed by atoms with van der Waals surface area (Å²) in [4.78, 5) is 30.2. The number of urea groups is 1. The fourth-order valence-corrected chi connectivity index (χ4v) is 3.35. The molecular weight excluding hydrogens is 382 g/mol. The van der Waals surface area contributed by atoms with Gasteiger partial charge in [0.25, 0.3) is 5.91 Å². The third kappa shape index (κ3) is 3.34. The van der Waals surface area contributed by atoms with E-state index in [0.717, 1.165) is 35.6 Å². The number of rotatable bonds is 5. The van der Waals surface area contributed by atoms with Crippen molar-refractivity contribution >= 4 is 35.2 Å². The van der Waals surface area contributed by atoms with Gasteiger partial charge in [0.2, 0.25) is 0 Å². The van der Waals surface area contributed by atoms with Crippen LogP contribution in [0.3, 0.4) is 0 Å². The topological polar surface area (TPSA) is 104 Å². The molecule has 3 heterocycles. The summed E-state index contributed by atoms with van der Waals surface area (Å²) >= 11 is 0. The Balaban J connectivity index is 1.65. The minimum atomic E-state index is -0.534. The van der Waals surface area contributed by atoms with Gasteiger partial charge in [0.1, 0.15) is 11.5 Å². The van der Waals surface area contributed by atoms with Gasteiger partial charge in [-0.15, -0.1) is 0 Å². The first-order valence-electron chi connectivity index (χ1n) is 9.75. The summed E-state index contributed by atoms with van der Waals surface area (Å²) in [6.07, 6.45) is 5.49. The first-order chi connectivity index (χ1) is 14.5. The average molecular weight is 403 g/mol. The van der Waals surface area contributed by atoms with E-state index in [2.05, 4.69) is 27.1 Å². The van der Waals surface area contributed by atoms with Gasteiger partial charge in [-0.1, -0.05) is 12.1 Å². The lowest BCUT2D eigenvalue weighted by Crippen LogP contribution is -2.22. The zero-order valence-electron chi connectivity index (χ0n) is 16.6. The zero-order chi connectivity index (χ0) is 20.8. The second kappa shape index (κ2) is 6.87. The second-order valence-corrected chi connectivity index (χ2v) is 7.69. The Hall–Kier alpha value is -3.88. The van der Waals surface area contributed by atoms with E-state index in [1.807, 2.05) is 43.3 Å². The molecule has 1 saturated heterocycles. The molecule has 30 heavy (non-hydrogen) atoms. The Labute approximate surface area is 172 Å². The molecule has 5 rings (SSSR count). The molecule has 2 fully saturated rings. The van der Waals surface area contributed by atoms with Crippen LogP contribution in [0.25, 0.3) is 23.0 Å². The molecule has 1 saturated carbocycles. The van der Waals surface area contributed by atoms with Gasteiger partial charge in [-0.2, -0.15) is 9.61 Å². The standard InChI is InChI=1S/C21H21N7O2/c1-27(2)15-5-3-4-12(8-15)16-10-18(23-14-6-7-14)28-19(24-16)13(11-22-28)9-17-20(29)26-21(30)25-17/h3-5,8-11,14,23H,6-7H2,1-2H3,(H2,25,26,29,30). The van der Waals surface area contributed by atoms with Crippen molar-refractivity contribution < 1.29 is 9.59 Å². The second-order valence-electron chi connectivity index (χ2n) is 7.69. The summed E-state index contributed by atoms with van der Waals surface area (Å²) in [5, 5.41) is 12.7. The summed E-state index contributed by atoms with van der Waals surface area (Å²) in [7, 11) is 4.00. The third-order valence-electron chi connectivity index (χ3n) is 5.11. The summed E-state index contributed by atoms with van der Waals surface area (Å²) in [6, 6.07) is 10.0. The normalized spacial score (nSPS) is 17.3. The Bertz CT molecular complexity index is 1210. The predicted molar refractivity (Wildman–Crippen MR) is 114 cm³/mol. The molecule has 1 aliphatic carbocycles. The Morgan fingerprint density at radius 1 is 1.20 bits per heavy atom. The quantitative estimate of drug-likeness (QED) is 0.446. The molecule has 1 aliphatic heterocycles. The van der Waals surface area contributed by atoms with Crippen LogP contribution in [-0.4, -0.2) is 46.7 Å². The number of amides is 3. The van der Waals surface area contributed by atoms with Crippen molar-refractivity contribution in [2.45, 2.75) is 18.9 Å². The lowest BCUT2D eigenvalue weighted by molar-refractivity contribution is -0.115. The molecule has 3 N–H and O–H groups in total. The molecule has 152 valence electrons. The minimum Gasteiger partial charge on any atom is -0.378 e. The van der Waals surface area contributed by atoms with E-state index in [1.165, 1.54) is 0 Å². The van der Waals surface area contributed by atoms with Crippen molar-refractivity contribution in [3.8, 4) is 11.3 Å². The molecule has 0 bridgehead atoms. The van der Waals surface area contributed by atoms with Gasteiger partial charge in [0, 0.05) is 43.0 Å². The number of nitrogens with one attached hydrogen (secondary N) is 3. The molecule has 0 unspecified atom stereocenters. The fourth-order valence-electron chi connectivity index (χ4n) is 3.35. The van der Waals surface area contributed by atoms with Crippen LogP contribution in [0.15, 0.2) is 42.2 Å². The molecule has 0 atom stereocenters. The van der Waals surface area contributed by atoms with Crippen LogP contribution in [0.5, 0.6) is 0 Å². The Morgan fingerprint density at radius 3 is 2.73 bits per heavy atom. The van der Waals surface area contributed by atoms with Crippen molar-refractivity contribution in [1.82, 2.24) is 25.2 Å². The maximum atomic E-state index is 11.9. The third-order valence-corrected chi connectivity index (χ3v) is 5.11. The first kappa shape index (κ1) is 18.2. The highest BCUT2D eigenvalue weighted by Gasteiger charge is 2.25. The van der Waals surface area contributed by atoms with E-state index in [4.69, 9.17) is 4.98 Å². The number of hydrogen-bond acceptors (Lipinski definition) is 6. The van der Waals surface area contributed by atoms with Crippen LogP contribution in [0.4, 0.5) is 16.3 Å². The largest absolute Gasteiger partial charge is 0.378 e. The van der Waals surface area contributed by atoms with Gasteiger partial charge in [-0.05, 0) is 31.1 Å². The number of imide groups is 1. The van der Waals surface area contributed by atoms with E-state index in [-0.39, 0.29) is 5.70 Å². The Kier molecular flexibility index (Phi) is 4.16. The highest BCUT2D eigenvalue weighted by Crippen LogP contribution is 2.30. The number of carbonyl (C=O) groups is 2. The number of hydrogen-bond donors (Lipinski definition) is 3. The molecule has 9 heteroatoms. The molecular formula is C21H21N7O2. The maximum absolute atomic E-state index is 11.9. The fraction of sp³-hybridized carbons (Fsp3) is 0.238. The Morgan fingerprint density at radius 2 is 2.03 bits per heavy atom. The van der Waals surface area contributed by atoms with Gasteiger partial charge < -0.3 is 15.5 Å². The SMILES string of the molecule is CN(C)c1cccc(-c2cc(NC3CC3)n3ncc(C=C4NC(=O)NC4=O)c3n2)c1. The first-order valence-corrected chi connectivity index (χ1v) is 9.75. The van der Waals surface area contributed by atoms with Crippen molar-refractivity contribution in [3.05, 3.63) is 47.8 Å². The molecule has 0 spiro atoms. The summed E-state index contributed by atoms with van der Waals surface area (Å²) in [5.74, 6) is 0.378. The molecule has 3 aromatic rings. The van der Waals surface area contributed by atoms with Crippen LogP contribution in [0.2, 0.25) is 0 Å². The van der Waals surface area contributed by atoms with Gasteiger partial charge in [0.05, 0.1) is 11.9 Å². The van der Waals surface area contributed by atoms with E-state index in [0.29, 0.717) is 17.3 Å². The number of nitrogens with zero attached hydrogens (tertiary/aromatic N) is 4. The minimum absolute atomic E-state index is 0.174. The van der Waals surface area contributed by atoms with Crippen molar-refractivity contribution in [1.29, 1.82) is 0 Å². The summed E-state index contributed by atoms with van der Waals surface area (Å²) in [6.45, 7) is 0. The molecule has 9 nitrogen and oxygen atoms in total. The number of benzene rings is 1. The van der Waals surface area contributed by atoms with Crippen molar-refractivity contribution in [3.63, 3.8) is 0 Å². The lowest BCUT2D eigenvalue weighted by Gasteiger charge is -2.14. The zero-order valence-corrected chi connectivity index (χ0v) is 16.6. The molecule has 2 aliphatic rings. The molecule has 2 aromatic heterocycles. The van der Waals surface area contributed by atoms with Crippen LogP contribution in [0, 0.1) is 0 Å². The van der Waals surface area contributed by atoms with E-state index < -0.39 is 11.9 Å². The van der Waals surface area contributed by atoms with E-state index >= 15 is 0 Å². The lowest BCUT2D eigenvalue weighted by atomic mass is 10.1. The van der Waals surface area contributed by atoms with Gasteiger partial charge >= 0.3 is 6.03 Å². The van der Waals surface area contributed by atoms with Gasteiger partial charge in [-0.25, -0.2) is 9.78 Å². The smallest absolute Gasteiger partial charge is 0.326 e. The van der Waals surface area contributed by atoms with Crippen LogP contribution >= 0.6 is 0 Å². The number of carbonyl (C=O) groups excluding carboxylic acids is 2. The monoisotopic (exact) mass is 403 g/mol. The van der Waals surface area contributed by atoms with Crippen molar-refractivity contribution in [2.24, 2.45) is 0 Å². The van der Waals surface area contributed by atoms with Crippen LogP contribution < -0.4 is 20.9 Å². The van der Waals surface area contributed by atoms with Gasteiger partial charge in [-0.3, -0.25) is 10.1 Å². The highest BCUT2D eigenvalue weighted by molar-refractivity contribution is 6.14. The molecule has 1 aromatic carbocycles. The van der Waals surface area contributed by atoms with Crippen molar-refractivity contribution in [2.75, 3.05) is 24.3 Å². The van der Waals surface area contributed by atoms with Crippen LogP contribution in [-0.2, 0) is 4.79 Å². The van der Waals surface area contributed by atoms with Gasteiger partial charge in [0.15, 0.2) is 5.65 Å². The number of anilines is 2. The van der Waals surface area contributed by atoms with Crippen LogP contribution in [0.1, 0.15) is 18.4 Å². The number of aromatic nitrogens is 3.